The van der Waals surface area contributed by atoms with Crippen molar-refractivity contribution in [3.63, 3.8) is 0 Å². The summed E-state index contributed by atoms with van der Waals surface area (Å²) in [4.78, 5) is 4.26. The van der Waals surface area contributed by atoms with Gasteiger partial charge in [0.15, 0.2) is 5.96 Å². The average molecular weight is 391 g/mol. The zero-order chi connectivity index (χ0) is 18.8. The van der Waals surface area contributed by atoms with Gasteiger partial charge in [-0.25, -0.2) is 12.7 Å². The monoisotopic (exact) mass is 390 g/mol. The summed E-state index contributed by atoms with van der Waals surface area (Å²) in [5.74, 6) is 0.942. The van der Waals surface area contributed by atoms with E-state index in [-0.39, 0.29) is 11.8 Å². The molecule has 2 aliphatic heterocycles. The van der Waals surface area contributed by atoms with Crippen LogP contribution in [-0.2, 0) is 19.5 Å². The highest BCUT2D eigenvalue weighted by Crippen LogP contribution is 2.14. The second kappa shape index (κ2) is 11.1. The number of hydrogen-bond donors (Lipinski definition) is 2. The molecule has 0 aromatic rings. The summed E-state index contributed by atoms with van der Waals surface area (Å²) < 4.78 is 36.6. The summed E-state index contributed by atoms with van der Waals surface area (Å²) in [7, 11) is -1.32. The van der Waals surface area contributed by atoms with Gasteiger partial charge in [-0.3, -0.25) is 4.99 Å². The van der Waals surface area contributed by atoms with Crippen molar-refractivity contribution in [1.82, 2.24) is 14.9 Å². The molecule has 2 fully saturated rings. The summed E-state index contributed by atoms with van der Waals surface area (Å²) in [5, 5.41) is 6.71. The van der Waals surface area contributed by atoms with Crippen molar-refractivity contribution in [2.24, 2.45) is 4.99 Å². The quantitative estimate of drug-likeness (QED) is 0.357. The van der Waals surface area contributed by atoms with E-state index in [0.29, 0.717) is 19.2 Å². The van der Waals surface area contributed by atoms with Gasteiger partial charge in [0.2, 0.25) is 10.0 Å². The number of hydrogen-bond acceptors (Lipinski definition) is 5. The molecule has 0 spiro atoms. The molecule has 0 aliphatic carbocycles. The molecule has 0 amide bonds. The van der Waals surface area contributed by atoms with Gasteiger partial charge < -0.3 is 20.1 Å². The van der Waals surface area contributed by atoms with Gasteiger partial charge in [-0.1, -0.05) is 0 Å². The Bertz CT molecular complexity index is 527. The summed E-state index contributed by atoms with van der Waals surface area (Å²) in [6.45, 7) is 5.98. The van der Waals surface area contributed by atoms with Crippen LogP contribution >= 0.6 is 0 Å². The Morgan fingerprint density at radius 1 is 1.23 bits per heavy atom. The van der Waals surface area contributed by atoms with Crippen LogP contribution in [0.3, 0.4) is 0 Å². The number of ether oxygens (including phenoxy) is 2. The lowest BCUT2D eigenvalue weighted by Crippen LogP contribution is -2.50. The molecular formula is C17H34N4O4S. The number of nitrogens with one attached hydrogen (secondary N) is 2. The lowest BCUT2D eigenvalue weighted by Gasteiger charge is -2.32. The Labute approximate surface area is 157 Å². The van der Waals surface area contributed by atoms with Crippen molar-refractivity contribution in [1.29, 1.82) is 0 Å². The van der Waals surface area contributed by atoms with Crippen LogP contribution in [-0.4, -0.2) is 83.1 Å². The van der Waals surface area contributed by atoms with Gasteiger partial charge >= 0.3 is 0 Å². The molecule has 0 atom stereocenters. The minimum Gasteiger partial charge on any atom is -0.381 e. The standard InChI is InChI=1S/C17H34N4O4S/c1-3-26(22,23)21-10-5-15(6-11-21)20-17(18-2)19-9-4-12-25-16-7-13-24-14-8-16/h15-16H,3-14H2,1-2H3,(H2,18,19,20). The molecule has 2 saturated heterocycles. The van der Waals surface area contributed by atoms with Crippen molar-refractivity contribution in [3.05, 3.63) is 0 Å². The molecule has 0 bridgehead atoms. The molecular weight excluding hydrogens is 356 g/mol. The molecule has 2 rings (SSSR count). The van der Waals surface area contributed by atoms with Gasteiger partial charge in [0.1, 0.15) is 0 Å². The SMILES string of the molecule is CCS(=O)(=O)N1CCC(NC(=NC)NCCCOC2CCOCC2)CC1. The van der Waals surface area contributed by atoms with Crippen molar-refractivity contribution < 1.29 is 17.9 Å². The molecule has 0 aromatic heterocycles. The normalized spacial score (nSPS) is 21.7. The van der Waals surface area contributed by atoms with Gasteiger partial charge in [0.25, 0.3) is 0 Å². The maximum atomic E-state index is 11.9. The summed E-state index contributed by atoms with van der Waals surface area (Å²) in [5.41, 5.74) is 0. The van der Waals surface area contributed by atoms with E-state index in [1.165, 1.54) is 0 Å². The summed E-state index contributed by atoms with van der Waals surface area (Å²) in [6, 6.07) is 0.253. The molecule has 0 unspecified atom stereocenters. The van der Waals surface area contributed by atoms with Gasteiger partial charge in [0, 0.05) is 52.5 Å². The van der Waals surface area contributed by atoms with Crippen molar-refractivity contribution in [2.75, 3.05) is 52.3 Å². The van der Waals surface area contributed by atoms with E-state index in [9.17, 15) is 8.42 Å². The second-order valence-corrected chi connectivity index (χ2v) is 9.01. The van der Waals surface area contributed by atoms with Crippen LogP contribution in [0.2, 0.25) is 0 Å². The Balaban J connectivity index is 1.59. The Morgan fingerprint density at radius 3 is 2.54 bits per heavy atom. The van der Waals surface area contributed by atoms with Crippen LogP contribution < -0.4 is 10.6 Å². The highest BCUT2D eigenvalue weighted by atomic mass is 32.2. The van der Waals surface area contributed by atoms with E-state index >= 15 is 0 Å². The minimum absolute atomic E-state index is 0.171. The Hall–Kier alpha value is -0.900. The maximum Gasteiger partial charge on any atom is 0.213 e. The first-order chi connectivity index (χ1) is 12.5. The molecule has 2 N–H and O–H groups in total. The van der Waals surface area contributed by atoms with Crippen LogP contribution in [0.5, 0.6) is 0 Å². The molecule has 0 aromatic carbocycles. The number of piperidine rings is 1. The zero-order valence-corrected chi connectivity index (χ0v) is 16.9. The fourth-order valence-electron chi connectivity index (χ4n) is 3.22. The van der Waals surface area contributed by atoms with Gasteiger partial charge in [-0.05, 0) is 39.0 Å². The number of nitrogens with zero attached hydrogens (tertiary/aromatic N) is 2. The predicted molar refractivity (Wildman–Crippen MR) is 103 cm³/mol. The second-order valence-electron chi connectivity index (χ2n) is 6.75. The van der Waals surface area contributed by atoms with Crippen LogP contribution in [0.4, 0.5) is 0 Å². The van der Waals surface area contributed by atoms with Crippen LogP contribution in [0.15, 0.2) is 4.99 Å². The van der Waals surface area contributed by atoms with E-state index in [0.717, 1.165) is 64.4 Å². The molecule has 0 saturated carbocycles. The lowest BCUT2D eigenvalue weighted by molar-refractivity contribution is -0.0320. The van der Waals surface area contributed by atoms with Gasteiger partial charge in [0.05, 0.1) is 11.9 Å². The highest BCUT2D eigenvalue weighted by Gasteiger charge is 2.26. The minimum atomic E-state index is -3.07. The molecule has 0 radical (unpaired) electrons. The van der Waals surface area contributed by atoms with Crippen molar-refractivity contribution in [2.45, 2.75) is 51.2 Å². The summed E-state index contributed by atoms with van der Waals surface area (Å²) >= 11 is 0. The van der Waals surface area contributed by atoms with Gasteiger partial charge in [-0.2, -0.15) is 0 Å². The molecule has 9 heteroatoms. The van der Waals surface area contributed by atoms with Crippen LogP contribution in [0.25, 0.3) is 0 Å². The largest absolute Gasteiger partial charge is 0.381 e. The smallest absolute Gasteiger partial charge is 0.213 e. The van der Waals surface area contributed by atoms with E-state index in [1.807, 2.05) is 0 Å². The average Bonchev–Trinajstić information content (AvgIpc) is 2.68. The van der Waals surface area contributed by atoms with Crippen molar-refractivity contribution >= 4 is 16.0 Å². The highest BCUT2D eigenvalue weighted by molar-refractivity contribution is 7.89. The number of sulfonamides is 1. The van der Waals surface area contributed by atoms with E-state index in [2.05, 4.69) is 15.6 Å². The van der Waals surface area contributed by atoms with E-state index < -0.39 is 10.0 Å². The Kier molecular flexibility index (Phi) is 9.10. The maximum absolute atomic E-state index is 11.9. The third-order valence-electron chi connectivity index (χ3n) is 4.91. The fraction of sp³-hybridized carbons (Fsp3) is 0.941. The summed E-state index contributed by atoms with van der Waals surface area (Å²) in [6.07, 6.45) is 4.84. The van der Waals surface area contributed by atoms with Crippen LogP contribution in [0, 0.1) is 0 Å². The van der Waals surface area contributed by atoms with E-state index in [4.69, 9.17) is 9.47 Å². The molecule has 8 nitrogen and oxygen atoms in total. The molecule has 26 heavy (non-hydrogen) atoms. The molecule has 152 valence electrons. The Morgan fingerprint density at radius 2 is 1.92 bits per heavy atom. The number of guanidine groups is 1. The first kappa shape index (κ1) is 21.4. The first-order valence-electron chi connectivity index (χ1n) is 9.69. The fourth-order valence-corrected chi connectivity index (χ4v) is 4.35. The topological polar surface area (TPSA) is 92.3 Å². The third kappa shape index (κ3) is 7.02. The molecule has 2 heterocycles. The van der Waals surface area contributed by atoms with Crippen LogP contribution in [0.1, 0.15) is 39.0 Å². The van der Waals surface area contributed by atoms with Gasteiger partial charge in [-0.15, -0.1) is 0 Å². The van der Waals surface area contributed by atoms with E-state index in [1.54, 1.807) is 18.3 Å². The third-order valence-corrected chi connectivity index (χ3v) is 6.79. The first-order valence-corrected chi connectivity index (χ1v) is 11.3. The predicted octanol–water partition coefficient (Wildman–Crippen LogP) is 0.551. The zero-order valence-electron chi connectivity index (χ0n) is 16.1. The van der Waals surface area contributed by atoms with Crippen molar-refractivity contribution in [3.8, 4) is 0 Å². The lowest BCUT2D eigenvalue weighted by atomic mass is 10.1. The number of rotatable bonds is 8. The number of aliphatic imine (C=N–C) groups is 1. The molecule has 2 aliphatic rings.